The molecule has 0 radical (unpaired) electrons. The summed E-state index contributed by atoms with van der Waals surface area (Å²) in [5.41, 5.74) is 3.86. The molecular formula is C18H25N. The summed E-state index contributed by atoms with van der Waals surface area (Å²) in [5, 5.41) is 9.71. The first-order valence-corrected chi connectivity index (χ1v) is 7.62. The van der Waals surface area contributed by atoms with Crippen molar-refractivity contribution in [1.82, 2.24) is 0 Å². The Labute approximate surface area is 117 Å². The Balaban J connectivity index is 2.18. The minimum absolute atomic E-state index is 0.110. The predicted octanol–water partition coefficient (Wildman–Crippen LogP) is 5.10. The third-order valence-electron chi connectivity index (χ3n) is 4.37. The van der Waals surface area contributed by atoms with Crippen LogP contribution < -0.4 is 0 Å². The second-order valence-electron chi connectivity index (χ2n) is 6.33. The van der Waals surface area contributed by atoms with Crippen molar-refractivity contribution in [3.8, 4) is 6.07 Å². The molecule has 0 saturated heterocycles. The summed E-state index contributed by atoms with van der Waals surface area (Å²) >= 11 is 0. The van der Waals surface area contributed by atoms with Gasteiger partial charge in [-0.25, -0.2) is 0 Å². The number of hydrogen-bond acceptors (Lipinski definition) is 1. The van der Waals surface area contributed by atoms with Gasteiger partial charge in [-0.2, -0.15) is 5.26 Å². The van der Waals surface area contributed by atoms with Gasteiger partial charge >= 0.3 is 0 Å². The van der Waals surface area contributed by atoms with Gasteiger partial charge in [0.15, 0.2) is 0 Å². The van der Waals surface area contributed by atoms with E-state index in [1.807, 2.05) is 0 Å². The van der Waals surface area contributed by atoms with Crippen LogP contribution in [0.3, 0.4) is 0 Å². The lowest BCUT2D eigenvalue weighted by Gasteiger charge is -2.29. The van der Waals surface area contributed by atoms with Crippen LogP contribution in [0.5, 0.6) is 0 Å². The number of nitrogens with zero attached hydrogens (tertiary/aromatic N) is 1. The highest BCUT2D eigenvalue weighted by Crippen LogP contribution is 2.37. The minimum atomic E-state index is -0.110. The summed E-state index contributed by atoms with van der Waals surface area (Å²) in [6.45, 7) is 4.29. The van der Waals surface area contributed by atoms with Crippen molar-refractivity contribution in [2.45, 2.75) is 65.2 Å². The van der Waals surface area contributed by atoms with Gasteiger partial charge in [0.25, 0.3) is 0 Å². The Bertz CT molecular complexity index is 439. The maximum atomic E-state index is 9.71. The van der Waals surface area contributed by atoms with Gasteiger partial charge in [-0.05, 0) is 38.7 Å². The van der Waals surface area contributed by atoms with Gasteiger partial charge in [0.1, 0.15) is 0 Å². The summed E-state index contributed by atoms with van der Waals surface area (Å²) in [6, 6.07) is 9.39. The number of rotatable bonds is 2. The molecule has 102 valence electrons. The molecule has 2 rings (SSSR count). The highest BCUT2D eigenvalue weighted by Gasteiger charge is 2.30. The Morgan fingerprint density at radius 1 is 0.947 bits per heavy atom. The molecule has 0 aromatic heterocycles. The van der Waals surface area contributed by atoms with Gasteiger partial charge in [-0.15, -0.1) is 0 Å². The predicted molar refractivity (Wildman–Crippen MR) is 80.0 cm³/mol. The van der Waals surface area contributed by atoms with Crippen molar-refractivity contribution < 1.29 is 0 Å². The van der Waals surface area contributed by atoms with Gasteiger partial charge in [0.2, 0.25) is 0 Å². The molecule has 1 aliphatic carbocycles. The van der Waals surface area contributed by atoms with E-state index in [0.29, 0.717) is 0 Å². The molecule has 1 aliphatic rings. The summed E-state index contributed by atoms with van der Waals surface area (Å²) < 4.78 is 0. The fourth-order valence-corrected chi connectivity index (χ4v) is 3.47. The average molecular weight is 255 g/mol. The maximum Gasteiger partial charge on any atom is 0.0693 e. The van der Waals surface area contributed by atoms with Crippen molar-refractivity contribution in [3.63, 3.8) is 0 Å². The van der Waals surface area contributed by atoms with Crippen molar-refractivity contribution in [2.24, 2.45) is 5.41 Å². The van der Waals surface area contributed by atoms with E-state index in [2.05, 4.69) is 38.1 Å². The zero-order valence-electron chi connectivity index (χ0n) is 12.3. The largest absolute Gasteiger partial charge is 0.198 e. The molecular weight excluding hydrogens is 230 g/mol. The smallest absolute Gasteiger partial charge is 0.0693 e. The number of benzene rings is 1. The summed E-state index contributed by atoms with van der Waals surface area (Å²) in [4.78, 5) is 0. The van der Waals surface area contributed by atoms with E-state index in [4.69, 9.17) is 0 Å². The van der Waals surface area contributed by atoms with Crippen LogP contribution in [0.4, 0.5) is 0 Å². The molecule has 1 saturated carbocycles. The van der Waals surface area contributed by atoms with Crippen LogP contribution in [0.15, 0.2) is 18.2 Å². The van der Waals surface area contributed by atoms with E-state index in [1.165, 1.54) is 48.8 Å². The lowest BCUT2D eigenvalue weighted by atomic mass is 9.73. The van der Waals surface area contributed by atoms with E-state index >= 15 is 0 Å². The molecule has 0 spiro atoms. The topological polar surface area (TPSA) is 23.8 Å². The quantitative estimate of drug-likeness (QED) is 0.721. The van der Waals surface area contributed by atoms with Gasteiger partial charge < -0.3 is 0 Å². The Morgan fingerprint density at radius 3 is 2.00 bits per heavy atom. The molecule has 0 N–H and O–H groups in total. The number of nitriles is 1. The first-order valence-electron chi connectivity index (χ1n) is 7.62. The van der Waals surface area contributed by atoms with Crippen LogP contribution in [-0.2, 0) is 6.42 Å². The van der Waals surface area contributed by atoms with E-state index in [1.54, 1.807) is 0 Å². The van der Waals surface area contributed by atoms with Crippen molar-refractivity contribution in [3.05, 3.63) is 34.9 Å². The number of hydrogen-bond donors (Lipinski definition) is 0. The molecule has 0 unspecified atom stereocenters. The van der Waals surface area contributed by atoms with Gasteiger partial charge in [0, 0.05) is 0 Å². The molecule has 1 aromatic rings. The van der Waals surface area contributed by atoms with Crippen LogP contribution in [0, 0.1) is 30.6 Å². The molecule has 0 atom stereocenters. The Morgan fingerprint density at radius 2 is 1.47 bits per heavy atom. The van der Waals surface area contributed by atoms with Crippen LogP contribution in [0.25, 0.3) is 0 Å². The Hall–Kier alpha value is -1.29. The first kappa shape index (κ1) is 14.1. The fourth-order valence-electron chi connectivity index (χ4n) is 3.47. The van der Waals surface area contributed by atoms with Crippen molar-refractivity contribution >= 4 is 0 Å². The molecule has 0 amide bonds. The van der Waals surface area contributed by atoms with Crippen molar-refractivity contribution in [2.75, 3.05) is 0 Å². The first-order chi connectivity index (χ1) is 9.13. The monoisotopic (exact) mass is 255 g/mol. The SMILES string of the molecule is Cc1cc(C)cc(CC2(C#N)CCCCCCC2)c1. The zero-order chi connectivity index (χ0) is 13.7. The highest BCUT2D eigenvalue weighted by atomic mass is 14.4. The molecule has 0 heterocycles. The van der Waals surface area contributed by atoms with E-state index < -0.39 is 0 Å². The molecule has 0 bridgehead atoms. The average Bonchev–Trinajstić information content (AvgIpc) is 2.31. The Kier molecular flexibility index (Phi) is 4.64. The zero-order valence-corrected chi connectivity index (χ0v) is 12.3. The standard InChI is InChI=1S/C18H25N/c1-15-10-16(2)12-17(11-15)13-18(14-19)8-6-4-3-5-7-9-18/h10-12H,3-9,13H2,1-2H3. The van der Waals surface area contributed by atoms with Crippen LogP contribution in [0.1, 0.15) is 61.6 Å². The van der Waals surface area contributed by atoms with E-state index in [9.17, 15) is 5.26 Å². The van der Waals surface area contributed by atoms with Crippen LogP contribution >= 0.6 is 0 Å². The summed E-state index contributed by atoms with van der Waals surface area (Å²) in [7, 11) is 0. The van der Waals surface area contributed by atoms with E-state index in [0.717, 1.165) is 19.3 Å². The normalized spacial score (nSPS) is 19.2. The third kappa shape index (κ3) is 3.83. The summed E-state index contributed by atoms with van der Waals surface area (Å²) in [5.74, 6) is 0. The second-order valence-corrected chi connectivity index (χ2v) is 6.33. The maximum absolute atomic E-state index is 9.71. The third-order valence-corrected chi connectivity index (χ3v) is 4.37. The minimum Gasteiger partial charge on any atom is -0.198 e. The van der Waals surface area contributed by atoms with Crippen LogP contribution in [0.2, 0.25) is 0 Å². The molecule has 1 heteroatoms. The highest BCUT2D eigenvalue weighted by molar-refractivity contribution is 5.30. The summed E-state index contributed by atoms with van der Waals surface area (Å²) in [6.07, 6.45) is 9.49. The lowest BCUT2D eigenvalue weighted by molar-refractivity contribution is 0.287. The molecule has 1 nitrogen and oxygen atoms in total. The molecule has 19 heavy (non-hydrogen) atoms. The van der Waals surface area contributed by atoms with Gasteiger partial charge in [-0.1, -0.05) is 61.4 Å². The lowest BCUT2D eigenvalue weighted by Crippen LogP contribution is -2.23. The molecule has 0 aliphatic heterocycles. The van der Waals surface area contributed by atoms with Crippen molar-refractivity contribution in [1.29, 1.82) is 5.26 Å². The van der Waals surface area contributed by atoms with Crippen LogP contribution in [-0.4, -0.2) is 0 Å². The fraction of sp³-hybridized carbons (Fsp3) is 0.611. The van der Waals surface area contributed by atoms with E-state index in [-0.39, 0.29) is 5.41 Å². The molecule has 1 aromatic carbocycles. The van der Waals surface area contributed by atoms with Gasteiger partial charge in [0.05, 0.1) is 11.5 Å². The molecule has 1 fully saturated rings. The van der Waals surface area contributed by atoms with Gasteiger partial charge in [-0.3, -0.25) is 0 Å². The second kappa shape index (κ2) is 6.24. The number of aryl methyl sites for hydroxylation is 2.